The third kappa shape index (κ3) is 5.39. The number of para-hydroxylation sites is 1. The van der Waals surface area contributed by atoms with Crippen molar-refractivity contribution in [1.29, 1.82) is 0 Å². The molecule has 1 fully saturated rings. The molecule has 2 aromatic carbocycles. The van der Waals surface area contributed by atoms with Gasteiger partial charge >= 0.3 is 5.69 Å². The molecule has 0 spiro atoms. The molecule has 1 N–H and O–H groups in total. The van der Waals surface area contributed by atoms with Crippen LogP contribution in [0.2, 0.25) is 0 Å². The fourth-order valence-electron chi connectivity index (χ4n) is 4.60. The number of phenols is 1. The first-order chi connectivity index (χ1) is 19.7. The first-order valence-electron chi connectivity index (χ1n) is 12.5. The van der Waals surface area contributed by atoms with Crippen LogP contribution in [-0.4, -0.2) is 62.9 Å². The molecule has 212 valence electrons. The highest BCUT2D eigenvalue weighted by molar-refractivity contribution is 7.98. The normalized spacial score (nSPS) is 14.1. The van der Waals surface area contributed by atoms with Gasteiger partial charge in [-0.2, -0.15) is 4.98 Å². The van der Waals surface area contributed by atoms with Gasteiger partial charge in [0.1, 0.15) is 29.5 Å². The van der Waals surface area contributed by atoms with Crippen LogP contribution in [0.1, 0.15) is 5.56 Å². The maximum absolute atomic E-state index is 15.8. The van der Waals surface area contributed by atoms with Gasteiger partial charge in [0.2, 0.25) is 5.91 Å². The number of aromatic nitrogens is 3. The van der Waals surface area contributed by atoms with Crippen LogP contribution in [0.3, 0.4) is 0 Å². The monoisotopic (exact) mass is 597 g/mol. The summed E-state index contributed by atoms with van der Waals surface area (Å²) in [7, 11) is 0. The van der Waals surface area contributed by atoms with Gasteiger partial charge in [-0.1, -0.05) is 24.8 Å². The molecular weight excluding hydrogens is 572 g/mol. The molecule has 3 heterocycles. The zero-order chi connectivity index (χ0) is 29.3. The fraction of sp³-hybridized carbons (Fsp3) is 0.214. The van der Waals surface area contributed by atoms with Crippen molar-refractivity contribution in [2.45, 2.75) is 11.8 Å². The van der Waals surface area contributed by atoms with E-state index in [1.165, 1.54) is 34.5 Å². The van der Waals surface area contributed by atoms with Gasteiger partial charge in [-0.15, -0.1) is 11.8 Å². The number of aryl methyl sites for hydroxylation is 1. The molecule has 0 aliphatic carbocycles. The maximum atomic E-state index is 15.8. The number of anilines is 1. The molecule has 1 aliphatic rings. The smallest absolute Gasteiger partial charge is 0.355 e. The summed E-state index contributed by atoms with van der Waals surface area (Å²) in [4.78, 5) is 37.1. The number of amides is 1. The molecule has 4 aromatic rings. The number of phenolic OH excluding ortho intramolecular Hbond substituents is 1. The second-order valence-corrected chi connectivity index (χ2v) is 10.7. The zero-order valence-electron chi connectivity index (χ0n) is 22.1. The predicted octanol–water partition coefficient (Wildman–Crippen LogP) is 4.88. The molecule has 9 nitrogen and oxygen atoms in total. The molecule has 0 radical (unpaired) electrons. The van der Waals surface area contributed by atoms with Crippen molar-refractivity contribution in [3.63, 3.8) is 0 Å². The quantitative estimate of drug-likeness (QED) is 0.149. The number of hydrogen-bond donors (Lipinski definition) is 1. The first-order valence-corrected chi connectivity index (χ1v) is 14.4. The van der Waals surface area contributed by atoms with Crippen molar-refractivity contribution in [1.82, 2.24) is 19.4 Å². The van der Waals surface area contributed by atoms with Crippen molar-refractivity contribution < 1.29 is 22.9 Å². The molecule has 0 atom stereocenters. The number of benzene rings is 2. The van der Waals surface area contributed by atoms with Gasteiger partial charge in [-0.25, -0.2) is 23.1 Å². The van der Waals surface area contributed by atoms with Gasteiger partial charge in [0.05, 0.1) is 29.8 Å². The number of carbonyl (C=O) groups is 1. The van der Waals surface area contributed by atoms with E-state index in [-0.39, 0.29) is 42.5 Å². The second kappa shape index (κ2) is 11.9. The minimum atomic E-state index is -0.928. The Morgan fingerprint density at radius 1 is 1.15 bits per heavy atom. The highest BCUT2D eigenvalue weighted by Gasteiger charge is 2.27. The van der Waals surface area contributed by atoms with Crippen molar-refractivity contribution in [2.24, 2.45) is 0 Å². The average Bonchev–Trinajstić information content (AvgIpc) is 2.93. The lowest BCUT2D eigenvalue weighted by Crippen LogP contribution is -2.40. The van der Waals surface area contributed by atoms with E-state index < -0.39 is 34.3 Å². The van der Waals surface area contributed by atoms with Gasteiger partial charge < -0.3 is 10.0 Å². The lowest BCUT2D eigenvalue weighted by molar-refractivity contribution is -0.126. The minimum absolute atomic E-state index is 0.00494. The highest BCUT2D eigenvalue weighted by Crippen LogP contribution is 2.37. The molecule has 2 aromatic heterocycles. The standard InChI is InChI=1S/C28H25F2N5O4S2/c1-4-22(37)33-11-12-34(41-39-14-13-33)26-17-15-19(30)24(23-18(29)8-6-9-20(23)36)31-27(17)35(28(38)32-26)25-16(2)7-5-10-21(25)40-3/h4-10,15,36H,1,11-14H2,2-3H3. The Balaban J connectivity index is 1.80. The summed E-state index contributed by atoms with van der Waals surface area (Å²) in [6.45, 7) is 6.34. The Bertz CT molecular complexity index is 1710. The Kier molecular flexibility index (Phi) is 8.29. The van der Waals surface area contributed by atoms with Crippen LogP contribution >= 0.6 is 24.0 Å². The summed E-state index contributed by atoms with van der Waals surface area (Å²) >= 11 is 2.33. The molecule has 1 aliphatic heterocycles. The number of thioether (sulfide) groups is 1. The van der Waals surface area contributed by atoms with E-state index in [0.717, 1.165) is 34.8 Å². The second-order valence-electron chi connectivity index (χ2n) is 9.03. The molecule has 1 amide bonds. The van der Waals surface area contributed by atoms with Crippen LogP contribution in [0.25, 0.3) is 28.0 Å². The van der Waals surface area contributed by atoms with Gasteiger partial charge in [-0.05, 0) is 49.1 Å². The van der Waals surface area contributed by atoms with E-state index in [4.69, 9.17) is 4.18 Å². The number of pyridine rings is 1. The molecule has 13 heteroatoms. The summed E-state index contributed by atoms with van der Waals surface area (Å²) in [5, 5.41) is 10.6. The molecule has 0 bridgehead atoms. The van der Waals surface area contributed by atoms with Gasteiger partial charge in [-0.3, -0.25) is 13.3 Å². The summed E-state index contributed by atoms with van der Waals surface area (Å²) in [6.07, 6.45) is 3.06. The van der Waals surface area contributed by atoms with Crippen LogP contribution in [0.15, 0.2) is 64.8 Å². The maximum Gasteiger partial charge on any atom is 0.355 e. The number of rotatable bonds is 5. The number of fused-ring (bicyclic) bond motifs is 1. The SMILES string of the molecule is C=CC(=O)N1CCOSN(c2nc(=O)n(-c3c(C)cccc3SC)c3nc(-c4c(O)cccc4F)c(F)cc23)CC1. The van der Waals surface area contributed by atoms with E-state index in [1.807, 2.05) is 31.4 Å². The summed E-state index contributed by atoms with van der Waals surface area (Å²) in [5.41, 5.74) is -0.361. The van der Waals surface area contributed by atoms with E-state index in [0.29, 0.717) is 12.2 Å². The van der Waals surface area contributed by atoms with Crippen LogP contribution in [0, 0.1) is 18.6 Å². The summed E-state index contributed by atoms with van der Waals surface area (Å²) in [5.74, 6) is -2.52. The Morgan fingerprint density at radius 3 is 2.66 bits per heavy atom. The summed E-state index contributed by atoms with van der Waals surface area (Å²) < 4.78 is 39.1. The zero-order valence-corrected chi connectivity index (χ0v) is 23.8. The molecule has 41 heavy (non-hydrogen) atoms. The Morgan fingerprint density at radius 2 is 1.93 bits per heavy atom. The predicted molar refractivity (Wildman–Crippen MR) is 156 cm³/mol. The Labute approximate surface area is 242 Å². The van der Waals surface area contributed by atoms with Crippen LogP contribution in [-0.2, 0) is 8.98 Å². The largest absolute Gasteiger partial charge is 0.507 e. The molecule has 5 rings (SSSR count). The van der Waals surface area contributed by atoms with Crippen molar-refractivity contribution in [2.75, 3.05) is 36.8 Å². The number of nitrogens with zero attached hydrogens (tertiary/aromatic N) is 5. The average molecular weight is 598 g/mol. The summed E-state index contributed by atoms with van der Waals surface area (Å²) in [6, 6.07) is 10.2. The number of hydrogen-bond acceptors (Lipinski definition) is 9. The third-order valence-electron chi connectivity index (χ3n) is 6.56. The van der Waals surface area contributed by atoms with Crippen molar-refractivity contribution in [3.05, 3.63) is 82.8 Å². The first kappa shape index (κ1) is 28.6. The van der Waals surface area contributed by atoms with Crippen LogP contribution < -0.4 is 9.99 Å². The molecule has 0 saturated carbocycles. The number of aromatic hydroxyl groups is 1. The Hall–Kier alpha value is -3.94. The van der Waals surface area contributed by atoms with Crippen molar-refractivity contribution in [3.8, 4) is 22.7 Å². The van der Waals surface area contributed by atoms with E-state index in [9.17, 15) is 19.1 Å². The van der Waals surface area contributed by atoms with E-state index in [2.05, 4.69) is 16.5 Å². The molecular formula is C28H25F2N5O4S2. The third-order valence-corrected chi connectivity index (χ3v) is 8.13. The van der Waals surface area contributed by atoms with Gasteiger partial charge in [0, 0.05) is 18.0 Å². The lowest BCUT2D eigenvalue weighted by atomic mass is 10.1. The van der Waals surface area contributed by atoms with E-state index >= 15 is 4.39 Å². The molecule has 1 saturated heterocycles. The van der Waals surface area contributed by atoms with Crippen LogP contribution in [0.5, 0.6) is 5.75 Å². The fourth-order valence-corrected chi connectivity index (χ4v) is 5.91. The minimum Gasteiger partial charge on any atom is -0.507 e. The number of halogens is 2. The lowest BCUT2D eigenvalue weighted by Gasteiger charge is -2.30. The van der Waals surface area contributed by atoms with E-state index in [1.54, 1.807) is 9.21 Å². The van der Waals surface area contributed by atoms with Crippen LogP contribution in [0.4, 0.5) is 14.6 Å². The molecule has 0 unspecified atom stereocenters. The topological polar surface area (TPSA) is 101 Å². The van der Waals surface area contributed by atoms with Crippen molar-refractivity contribution >= 4 is 46.7 Å². The van der Waals surface area contributed by atoms with Gasteiger partial charge in [0.25, 0.3) is 0 Å². The highest BCUT2D eigenvalue weighted by atomic mass is 32.2. The van der Waals surface area contributed by atoms with Gasteiger partial charge in [0.15, 0.2) is 17.3 Å². The number of carbonyl (C=O) groups excluding carboxylic acids is 1.